The quantitative estimate of drug-likeness (QED) is 0.172. The molecular formula is C37H43FN8. The van der Waals surface area contributed by atoms with Gasteiger partial charge in [-0.2, -0.15) is 5.10 Å². The van der Waals surface area contributed by atoms with Crippen LogP contribution in [0.25, 0.3) is 51.6 Å². The van der Waals surface area contributed by atoms with Crippen LogP contribution in [0.4, 0.5) is 10.1 Å². The minimum atomic E-state index is -0.298. The number of anilines is 1. The molecule has 0 spiro atoms. The second kappa shape index (κ2) is 14.2. The van der Waals surface area contributed by atoms with Crippen LogP contribution in [0, 0.1) is 5.82 Å². The molecule has 1 aliphatic rings. The van der Waals surface area contributed by atoms with Crippen LogP contribution in [0.2, 0.25) is 0 Å². The Morgan fingerprint density at radius 3 is 2.72 bits per heavy atom. The Hall–Kier alpha value is -4.60. The molecule has 0 bridgehead atoms. The number of fused-ring (bicyclic) bond motifs is 1. The zero-order chi connectivity index (χ0) is 32.0. The molecule has 8 nitrogen and oxygen atoms in total. The summed E-state index contributed by atoms with van der Waals surface area (Å²) >= 11 is 0. The Balaban J connectivity index is 1.21. The second-order valence-corrected chi connectivity index (χ2v) is 12.5. The van der Waals surface area contributed by atoms with Gasteiger partial charge in [0.15, 0.2) is 0 Å². The van der Waals surface area contributed by atoms with E-state index in [-0.39, 0.29) is 5.82 Å². The lowest BCUT2D eigenvalue weighted by molar-refractivity contribution is 0.334. The first kappa shape index (κ1) is 31.4. The van der Waals surface area contributed by atoms with Crippen LogP contribution in [0.15, 0.2) is 61.2 Å². The topological polar surface area (TPSA) is 88.8 Å². The van der Waals surface area contributed by atoms with Crippen LogP contribution < -0.4 is 15.9 Å². The van der Waals surface area contributed by atoms with Gasteiger partial charge in [0.2, 0.25) is 0 Å². The van der Waals surface area contributed by atoms with E-state index in [1.807, 2.05) is 44.7 Å². The van der Waals surface area contributed by atoms with Crippen molar-refractivity contribution >= 4 is 34.8 Å². The Bertz CT molecular complexity index is 1950. The molecule has 1 saturated heterocycles. The number of aromatic amines is 2. The normalized spacial score (nSPS) is 14.6. The van der Waals surface area contributed by atoms with E-state index in [0.717, 1.165) is 86.7 Å². The Kier molecular flexibility index (Phi) is 9.71. The molecule has 9 heteroatoms. The lowest BCUT2D eigenvalue weighted by Crippen LogP contribution is -2.21. The molecule has 3 N–H and O–H groups in total. The van der Waals surface area contributed by atoms with Crippen LogP contribution in [0.5, 0.6) is 0 Å². The summed E-state index contributed by atoms with van der Waals surface area (Å²) in [6.45, 7) is 11.6. The third kappa shape index (κ3) is 7.43. The zero-order valence-electron chi connectivity index (χ0n) is 27.0. The van der Waals surface area contributed by atoms with Crippen molar-refractivity contribution in [3.63, 3.8) is 0 Å². The molecule has 238 valence electrons. The number of benzene rings is 1. The van der Waals surface area contributed by atoms with Gasteiger partial charge in [0.1, 0.15) is 11.5 Å². The predicted molar refractivity (Wildman–Crippen MR) is 187 cm³/mol. The van der Waals surface area contributed by atoms with Crippen LogP contribution in [0.3, 0.4) is 0 Å². The maximum atomic E-state index is 14.7. The maximum Gasteiger partial charge on any atom is 0.125 e. The first-order valence-electron chi connectivity index (χ1n) is 16.1. The largest absolute Gasteiger partial charge is 0.384 e. The molecule has 5 aromatic rings. The smallest absolute Gasteiger partial charge is 0.125 e. The predicted octanol–water partition coefficient (Wildman–Crippen LogP) is 5.45. The number of nitrogens with one attached hydrogen (secondary N) is 3. The first-order valence-corrected chi connectivity index (χ1v) is 16.1. The van der Waals surface area contributed by atoms with Gasteiger partial charge >= 0.3 is 0 Å². The molecule has 1 aromatic carbocycles. The summed E-state index contributed by atoms with van der Waals surface area (Å²) in [4.78, 5) is 17.0. The molecule has 1 aliphatic heterocycles. The number of rotatable bonds is 12. The van der Waals surface area contributed by atoms with Crippen LogP contribution in [-0.2, 0) is 6.42 Å². The van der Waals surface area contributed by atoms with Gasteiger partial charge in [-0.1, -0.05) is 12.7 Å². The Morgan fingerprint density at radius 2 is 1.89 bits per heavy atom. The van der Waals surface area contributed by atoms with E-state index in [9.17, 15) is 4.39 Å². The molecule has 0 amide bonds. The second-order valence-electron chi connectivity index (χ2n) is 12.5. The highest BCUT2D eigenvalue weighted by molar-refractivity contribution is 5.97. The van der Waals surface area contributed by atoms with E-state index in [1.54, 1.807) is 18.5 Å². The monoisotopic (exact) mass is 618 g/mol. The molecule has 0 atom stereocenters. The highest BCUT2D eigenvalue weighted by atomic mass is 19.1. The number of hydrogen-bond acceptors (Lipinski definition) is 6. The molecule has 46 heavy (non-hydrogen) atoms. The van der Waals surface area contributed by atoms with Gasteiger partial charge < -0.3 is 20.1 Å². The standard InChI is InChI=1S/C37H43FN8/c1-25(29-16-27(21-39-22-29)8-7-14-46-12-5-6-13-46)9-10-34-26(2)37(44-43-34)35-20-32-33(23-40-24-36(32)42-35)28-17-30(38)19-31(18-28)41-11-15-45(3)4/h9-10,16-24,41-43H,2,5-8,11-15H2,1,3-4H3/b25-9+,34-10+. The van der Waals surface area contributed by atoms with Crippen molar-refractivity contribution in [1.29, 1.82) is 0 Å². The van der Waals surface area contributed by atoms with Gasteiger partial charge in [0, 0.05) is 53.5 Å². The molecule has 0 radical (unpaired) electrons. The van der Waals surface area contributed by atoms with Gasteiger partial charge in [0.25, 0.3) is 0 Å². The van der Waals surface area contributed by atoms with E-state index in [4.69, 9.17) is 0 Å². The average molecular weight is 619 g/mol. The number of pyridine rings is 2. The van der Waals surface area contributed by atoms with Crippen molar-refractivity contribution in [3.8, 4) is 22.5 Å². The summed E-state index contributed by atoms with van der Waals surface area (Å²) in [5, 5.41) is 13.6. The molecule has 1 fully saturated rings. The van der Waals surface area contributed by atoms with Crippen LogP contribution in [-0.4, -0.2) is 81.8 Å². The van der Waals surface area contributed by atoms with E-state index >= 15 is 0 Å². The zero-order valence-corrected chi connectivity index (χ0v) is 27.0. The fourth-order valence-electron chi connectivity index (χ4n) is 6.08. The van der Waals surface area contributed by atoms with E-state index in [1.165, 1.54) is 37.6 Å². The number of likely N-dealkylation sites (N-methyl/N-ethyl adjacent to an activating group) is 1. The van der Waals surface area contributed by atoms with E-state index in [2.05, 4.69) is 65.9 Å². The maximum absolute atomic E-state index is 14.7. The number of aromatic nitrogens is 5. The molecule has 6 rings (SSSR count). The van der Waals surface area contributed by atoms with Gasteiger partial charge in [-0.15, -0.1) is 0 Å². The fraction of sp³-hybridized carbons (Fsp3) is 0.324. The highest BCUT2D eigenvalue weighted by Gasteiger charge is 2.14. The van der Waals surface area contributed by atoms with Crippen molar-refractivity contribution in [2.75, 3.05) is 52.1 Å². The molecule has 0 unspecified atom stereocenters. The summed E-state index contributed by atoms with van der Waals surface area (Å²) in [7, 11) is 4.03. The third-order valence-corrected chi connectivity index (χ3v) is 8.69. The van der Waals surface area contributed by atoms with E-state index < -0.39 is 0 Å². The molecule has 5 heterocycles. The molecule has 0 aliphatic carbocycles. The number of likely N-dealkylation sites (tertiary alicyclic amines) is 1. The average Bonchev–Trinajstić information content (AvgIpc) is 3.80. The molecular weight excluding hydrogens is 575 g/mol. The summed E-state index contributed by atoms with van der Waals surface area (Å²) in [6.07, 6.45) is 16.4. The Labute approximate surface area is 269 Å². The van der Waals surface area contributed by atoms with Crippen molar-refractivity contribution in [1.82, 2.24) is 34.9 Å². The summed E-state index contributed by atoms with van der Waals surface area (Å²) < 4.78 is 14.7. The molecule has 4 aromatic heterocycles. The summed E-state index contributed by atoms with van der Waals surface area (Å²) in [5.74, 6) is -0.298. The Morgan fingerprint density at radius 1 is 1.07 bits per heavy atom. The highest BCUT2D eigenvalue weighted by Crippen LogP contribution is 2.32. The van der Waals surface area contributed by atoms with Crippen LogP contribution >= 0.6 is 0 Å². The number of H-pyrrole nitrogens is 2. The minimum absolute atomic E-state index is 0.298. The lowest BCUT2D eigenvalue weighted by atomic mass is 10.0. The van der Waals surface area contributed by atoms with Gasteiger partial charge in [-0.05, 0) is 125 Å². The molecule has 0 saturated carbocycles. The SMILES string of the molecule is C=c1c(-c2cc3c(-c4cc(F)cc(NCCN(C)C)c4)cncc3[nH]2)n[nH]/c1=C/C=C(\C)c1cncc(CCCN2CCCC2)c1. The van der Waals surface area contributed by atoms with Crippen molar-refractivity contribution in [3.05, 3.63) is 88.7 Å². The number of allylic oxidation sites excluding steroid dienone is 2. The van der Waals surface area contributed by atoms with Crippen molar-refractivity contribution in [2.24, 2.45) is 0 Å². The van der Waals surface area contributed by atoms with Crippen molar-refractivity contribution in [2.45, 2.75) is 32.6 Å². The van der Waals surface area contributed by atoms with Gasteiger partial charge in [-0.25, -0.2) is 4.39 Å². The lowest BCUT2D eigenvalue weighted by Gasteiger charge is -2.14. The number of hydrogen-bond donors (Lipinski definition) is 3. The fourth-order valence-corrected chi connectivity index (χ4v) is 6.08. The van der Waals surface area contributed by atoms with Gasteiger partial charge in [0.05, 0.1) is 22.8 Å². The number of nitrogens with zero attached hydrogens (tertiary/aromatic N) is 5. The minimum Gasteiger partial charge on any atom is -0.384 e. The first-order chi connectivity index (χ1) is 22.3. The summed E-state index contributed by atoms with van der Waals surface area (Å²) in [6, 6.07) is 9.31. The van der Waals surface area contributed by atoms with Crippen molar-refractivity contribution < 1.29 is 4.39 Å². The summed E-state index contributed by atoms with van der Waals surface area (Å²) in [5.41, 5.74) is 8.23. The van der Waals surface area contributed by atoms with Crippen LogP contribution in [0.1, 0.15) is 37.3 Å². The van der Waals surface area contributed by atoms with E-state index in [0.29, 0.717) is 6.54 Å². The number of halogens is 1. The van der Waals surface area contributed by atoms with Gasteiger partial charge in [-0.3, -0.25) is 15.1 Å². The third-order valence-electron chi connectivity index (χ3n) is 8.69. The number of aryl methyl sites for hydroxylation is 1.